The van der Waals surface area contributed by atoms with Gasteiger partial charge >= 0.3 is 5.97 Å². The van der Waals surface area contributed by atoms with Crippen LogP contribution in [0.5, 0.6) is 0 Å². The van der Waals surface area contributed by atoms with E-state index in [-0.39, 0.29) is 11.6 Å². The van der Waals surface area contributed by atoms with E-state index in [1.165, 1.54) is 6.07 Å². The van der Waals surface area contributed by atoms with Crippen LogP contribution in [0.1, 0.15) is 27.2 Å². The topological polar surface area (TPSA) is 89.1 Å². The van der Waals surface area contributed by atoms with Crippen LogP contribution >= 0.6 is 0 Å². The summed E-state index contributed by atoms with van der Waals surface area (Å²) in [7, 11) is 0. The first-order valence-electron chi connectivity index (χ1n) is 5.84. The van der Waals surface area contributed by atoms with Crippen LogP contribution in [0.25, 0.3) is 11.3 Å². The molecule has 3 N–H and O–H groups in total. The van der Waals surface area contributed by atoms with Gasteiger partial charge in [-0.15, -0.1) is 0 Å². The highest BCUT2D eigenvalue weighted by Crippen LogP contribution is 2.27. The smallest absolute Gasteiger partial charge is 0.354 e. The summed E-state index contributed by atoms with van der Waals surface area (Å²) in [4.78, 5) is 18.9. The van der Waals surface area contributed by atoms with Crippen molar-refractivity contribution >= 4 is 11.9 Å². The summed E-state index contributed by atoms with van der Waals surface area (Å²) < 4.78 is 0. The summed E-state index contributed by atoms with van der Waals surface area (Å²) in [5.74, 6) is -1.15. The average Bonchev–Trinajstić information content (AvgIpc) is 2.26. The third-order valence-corrected chi connectivity index (χ3v) is 2.90. The second-order valence-electron chi connectivity index (χ2n) is 4.58. The second kappa shape index (κ2) is 4.68. The fourth-order valence-electron chi connectivity index (χ4n) is 2.29. The first-order valence-corrected chi connectivity index (χ1v) is 5.84. The maximum Gasteiger partial charge on any atom is 0.354 e. The molecule has 1 aromatic heterocycles. The zero-order valence-corrected chi connectivity index (χ0v) is 11.1. The molecule has 1 aromatic carbocycles. The molecule has 0 spiro atoms. The minimum atomic E-state index is -1.11. The fourth-order valence-corrected chi connectivity index (χ4v) is 2.29. The lowest BCUT2D eigenvalue weighted by Gasteiger charge is -2.11. The molecule has 0 fully saturated rings. The number of hydrogen-bond donors (Lipinski definition) is 2. The molecule has 2 rings (SSSR count). The Labute approximate surface area is 111 Å². The number of rotatable bonds is 2. The molecule has 0 saturated heterocycles. The van der Waals surface area contributed by atoms with Gasteiger partial charge in [-0.1, -0.05) is 17.7 Å². The molecule has 0 unspecified atom stereocenters. The van der Waals surface area contributed by atoms with Crippen LogP contribution < -0.4 is 5.73 Å². The van der Waals surface area contributed by atoms with Crippen LogP contribution in [-0.2, 0) is 0 Å². The van der Waals surface area contributed by atoms with E-state index in [2.05, 4.69) is 9.97 Å². The lowest BCUT2D eigenvalue weighted by molar-refractivity contribution is 0.0690. The molecule has 19 heavy (non-hydrogen) atoms. The van der Waals surface area contributed by atoms with Crippen molar-refractivity contribution in [2.45, 2.75) is 20.8 Å². The van der Waals surface area contributed by atoms with Crippen molar-refractivity contribution in [2.75, 3.05) is 5.73 Å². The monoisotopic (exact) mass is 257 g/mol. The Bertz CT molecular complexity index is 643. The van der Waals surface area contributed by atoms with E-state index >= 15 is 0 Å². The predicted molar refractivity (Wildman–Crippen MR) is 73.1 cm³/mol. The number of hydrogen-bond acceptors (Lipinski definition) is 4. The molecule has 0 saturated carbocycles. The number of nitrogen functional groups attached to an aromatic ring is 1. The normalized spacial score (nSPS) is 10.5. The van der Waals surface area contributed by atoms with Crippen molar-refractivity contribution in [2.24, 2.45) is 0 Å². The minimum Gasteiger partial charge on any atom is -0.477 e. The SMILES string of the molecule is Cc1cc(C)c(-c2cc(C(=O)O)nc(N)n2)c(C)c1. The summed E-state index contributed by atoms with van der Waals surface area (Å²) in [6.45, 7) is 5.95. The highest BCUT2D eigenvalue weighted by Gasteiger charge is 2.13. The highest BCUT2D eigenvalue weighted by atomic mass is 16.4. The Morgan fingerprint density at radius 3 is 2.21 bits per heavy atom. The van der Waals surface area contributed by atoms with Crippen LogP contribution in [0, 0.1) is 20.8 Å². The molecule has 1 heterocycles. The van der Waals surface area contributed by atoms with E-state index in [0.29, 0.717) is 5.69 Å². The van der Waals surface area contributed by atoms with Crippen LogP contribution in [0.15, 0.2) is 18.2 Å². The molecule has 2 aromatic rings. The van der Waals surface area contributed by atoms with Crippen LogP contribution in [-0.4, -0.2) is 21.0 Å². The van der Waals surface area contributed by atoms with Crippen molar-refractivity contribution in [3.63, 3.8) is 0 Å². The van der Waals surface area contributed by atoms with Crippen molar-refractivity contribution in [3.05, 3.63) is 40.6 Å². The molecule has 0 amide bonds. The van der Waals surface area contributed by atoms with Gasteiger partial charge in [0.2, 0.25) is 5.95 Å². The van der Waals surface area contributed by atoms with E-state index in [1.54, 1.807) is 0 Å². The van der Waals surface area contributed by atoms with Crippen LogP contribution in [0.4, 0.5) is 5.95 Å². The van der Waals surface area contributed by atoms with Gasteiger partial charge in [-0.3, -0.25) is 0 Å². The van der Waals surface area contributed by atoms with Crippen molar-refractivity contribution in [1.29, 1.82) is 0 Å². The van der Waals surface area contributed by atoms with Crippen LogP contribution in [0.3, 0.4) is 0 Å². The number of nitrogens with two attached hydrogens (primary N) is 1. The summed E-state index contributed by atoms with van der Waals surface area (Å²) in [6, 6.07) is 5.51. The van der Waals surface area contributed by atoms with Gasteiger partial charge in [-0.2, -0.15) is 0 Å². The standard InChI is InChI=1S/C14H15N3O2/c1-7-4-8(2)12(9(3)5-7)10-6-11(13(18)19)17-14(15)16-10/h4-6H,1-3H3,(H,18,19)(H2,15,16,17). The van der Waals surface area contributed by atoms with Gasteiger partial charge < -0.3 is 10.8 Å². The summed E-state index contributed by atoms with van der Waals surface area (Å²) in [5, 5.41) is 9.02. The van der Waals surface area contributed by atoms with Crippen molar-refractivity contribution in [3.8, 4) is 11.3 Å². The van der Waals surface area contributed by atoms with Crippen LogP contribution in [0.2, 0.25) is 0 Å². The molecule has 5 heteroatoms. The molecule has 0 atom stereocenters. The number of aromatic nitrogens is 2. The zero-order valence-electron chi connectivity index (χ0n) is 11.1. The maximum absolute atomic E-state index is 11.0. The molecular formula is C14H15N3O2. The molecule has 0 aliphatic heterocycles. The number of benzene rings is 1. The van der Waals surface area contributed by atoms with E-state index in [0.717, 1.165) is 22.3 Å². The second-order valence-corrected chi connectivity index (χ2v) is 4.58. The van der Waals surface area contributed by atoms with Gasteiger partial charge in [0.15, 0.2) is 5.69 Å². The fraction of sp³-hybridized carbons (Fsp3) is 0.214. The molecule has 0 bridgehead atoms. The van der Waals surface area contributed by atoms with E-state index in [9.17, 15) is 4.79 Å². The number of carbonyl (C=O) groups is 1. The first-order chi connectivity index (χ1) is 8.88. The third-order valence-electron chi connectivity index (χ3n) is 2.90. The average molecular weight is 257 g/mol. The Balaban J connectivity index is 2.69. The number of aryl methyl sites for hydroxylation is 3. The first kappa shape index (κ1) is 13.0. The van der Waals surface area contributed by atoms with E-state index < -0.39 is 5.97 Å². The lowest BCUT2D eigenvalue weighted by atomic mass is 9.97. The molecule has 0 aliphatic carbocycles. The number of nitrogens with zero attached hydrogens (tertiary/aromatic N) is 2. The van der Waals surface area contributed by atoms with Gasteiger partial charge in [0.25, 0.3) is 0 Å². The molecule has 5 nitrogen and oxygen atoms in total. The predicted octanol–water partition coefficient (Wildman–Crippen LogP) is 2.35. The third kappa shape index (κ3) is 2.54. The van der Waals surface area contributed by atoms with Crippen molar-refractivity contribution < 1.29 is 9.90 Å². The molecule has 0 aliphatic rings. The van der Waals surface area contributed by atoms with Crippen molar-refractivity contribution in [1.82, 2.24) is 9.97 Å². The highest BCUT2D eigenvalue weighted by molar-refractivity contribution is 5.87. The Morgan fingerprint density at radius 1 is 1.11 bits per heavy atom. The number of carboxylic acid groups (broad SMARTS) is 1. The van der Waals surface area contributed by atoms with E-state index in [4.69, 9.17) is 10.8 Å². The van der Waals surface area contributed by atoms with E-state index in [1.807, 2.05) is 32.9 Å². The minimum absolute atomic E-state index is 0.0331. The Morgan fingerprint density at radius 2 is 1.68 bits per heavy atom. The molecule has 98 valence electrons. The largest absolute Gasteiger partial charge is 0.477 e. The summed E-state index contributed by atoms with van der Waals surface area (Å²) in [5.41, 5.74) is 10.2. The summed E-state index contributed by atoms with van der Waals surface area (Å²) in [6.07, 6.45) is 0. The van der Waals surface area contributed by atoms with Gasteiger partial charge in [-0.25, -0.2) is 14.8 Å². The summed E-state index contributed by atoms with van der Waals surface area (Å²) >= 11 is 0. The lowest BCUT2D eigenvalue weighted by Crippen LogP contribution is -2.06. The number of anilines is 1. The zero-order chi connectivity index (χ0) is 14.2. The van der Waals surface area contributed by atoms with Gasteiger partial charge in [0.1, 0.15) is 0 Å². The van der Waals surface area contributed by atoms with Gasteiger partial charge in [0.05, 0.1) is 5.69 Å². The van der Waals surface area contributed by atoms with Gasteiger partial charge in [0, 0.05) is 5.56 Å². The quantitative estimate of drug-likeness (QED) is 0.862. The maximum atomic E-state index is 11.0. The Kier molecular flexibility index (Phi) is 3.21. The number of aromatic carboxylic acids is 1. The molecule has 0 radical (unpaired) electrons. The van der Waals surface area contributed by atoms with Gasteiger partial charge in [-0.05, 0) is 38.0 Å². The molecular weight excluding hydrogens is 242 g/mol. The number of carboxylic acids is 1. The Hall–Kier alpha value is -2.43.